The van der Waals surface area contributed by atoms with Crippen molar-refractivity contribution in [3.05, 3.63) is 58.7 Å². The SMILES string of the molecule is CCOC(=O)c1ccc2nc(NC(=O)c3ccc4c(c3)C(=O)N(CC(C)C)C4=O)sc2c1. The van der Waals surface area contributed by atoms with E-state index in [9.17, 15) is 19.2 Å². The maximum Gasteiger partial charge on any atom is 0.338 e. The lowest BCUT2D eigenvalue weighted by Crippen LogP contribution is -2.33. The van der Waals surface area contributed by atoms with Gasteiger partial charge in [0.2, 0.25) is 0 Å². The highest BCUT2D eigenvalue weighted by Crippen LogP contribution is 2.29. The number of benzene rings is 2. The molecule has 0 saturated carbocycles. The van der Waals surface area contributed by atoms with Crippen LogP contribution in [0.25, 0.3) is 10.2 Å². The number of fused-ring (bicyclic) bond motifs is 2. The average molecular weight is 452 g/mol. The van der Waals surface area contributed by atoms with Crippen molar-refractivity contribution in [3.8, 4) is 0 Å². The maximum absolute atomic E-state index is 12.8. The molecule has 0 radical (unpaired) electrons. The maximum atomic E-state index is 12.8. The van der Waals surface area contributed by atoms with Gasteiger partial charge in [-0.25, -0.2) is 9.78 Å². The molecule has 0 spiro atoms. The predicted molar refractivity (Wildman–Crippen MR) is 120 cm³/mol. The second-order valence-electron chi connectivity index (χ2n) is 7.75. The first-order valence-corrected chi connectivity index (χ1v) is 11.0. The van der Waals surface area contributed by atoms with Crippen molar-refractivity contribution in [2.75, 3.05) is 18.5 Å². The molecule has 9 heteroatoms. The Balaban J connectivity index is 1.55. The summed E-state index contributed by atoms with van der Waals surface area (Å²) >= 11 is 1.22. The van der Waals surface area contributed by atoms with Gasteiger partial charge in [0.05, 0.1) is 33.5 Å². The van der Waals surface area contributed by atoms with E-state index in [0.29, 0.717) is 28.3 Å². The van der Waals surface area contributed by atoms with Crippen molar-refractivity contribution in [3.63, 3.8) is 0 Å². The standard InChI is InChI=1S/C23H21N3O5S/c1-4-31-22(30)14-6-8-17-18(10-14)32-23(24-17)25-19(27)13-5-7-15-16(9-13)21(29)26(20(15)28)11-12(2)3/h5-10,12H,4,11H2,1-3H3,(H,24,25,27). The third-order valence-corrected chi connectivity index (χ3v) is 5.83. The lowest BCUT2D eigenvalue weighted by Gasteiger charge is -2.15. The minimum Gasteiger partial charge on any atom is -0.462 e. The molecule has 0 atom stereocenters. The Morgan fingerprint density at radius 2 is 1.78 bits per heavy atom. The Labute approximate surface area is 188 Å². The summed E-state index contributed by atoms with van der Waals surface area (Å²) in [7, 11) is 0. The number of thiazole rings is 1. The Kier molecular flexibility index (Phi) is 5.75. The van der Waals surface area contributed by atoms with Crippen LogP contribution in [-0.2, 0) is 4.74 Å². The van der Waals surface area contributed by atoms with Gasteiger partial charge in [-0.3, -0.25) is 24.6 Å². The van der Waals surface area contributed by atoms with Crippen molar-refractivity contribution < 1.29 is 23.9 Å². The number of nitrogens with one attached hydrogen (secondary N) is 1. The van der Waals surface area contributed by atoms with Crippen LogP contribution < -0.4 is 5.32 Å². The summed E-state index contributed by atoms with van der Waals surface area (Å²) in [5.74, 6) is -1.45. The van der Waals surface area contributed by atoms with Gasteiger partial charge in [0.1, 0.15) is 0 Å². The fourth-order valence-corrected chi connectivity index (χ4v) is 4.35. The van der Waals surface area contributed by atoms with E-state index in [2.05, 4.69) is 10.3 Å². The number of carbonyl (C=O) groups is 4. The molecule has 1 aliphatic rings. The number of ether oxygens (including phenoxy) is 1. The molecular weight excluding hydrogens is 430 g/mol. The van der Waals surface area contributed by atoms with Gasteiger partial charge >= 0.3 is 5.97 Å². The van der Waals surface area contributed by atoms with E-state index >= 15 is 0 Å². The van der Waals surface area contributed by atoms with E-state index in [1.54, 1.807) is 25.1 Å². The first kappa shape index (κ1) is 21.6. The van der Waals surface area contributed by atoms with Crippen LogP contribution in [0.5, 0.6) is 0 Å². The molecule has 164 valence electrons. The zero-order valence-corrected chi connectivity index (χ0v) is 18.6. The predicted octanol–water partition coefficient (Wildman–Crippen LogP) is 3.98. The Morgan fingerprint density at radius 1 is 1.06 bits per heavy atom. The van der Waals surface area contributed by atoms with Gasteiger partial charge in [-0.1, -0.05) is 25.2 Å². The summed E-state index contributed by atoms with van der Waals surface area (Å²) < 4.78 is 5.73. The van der Waals surface area contributed by atoms with Crippen LogP contribution in [0.15, 0.2) is 36.4 Å². The monoisotopic (exact) mass is 451 g/mol. The summed E-state index contributed by atoms with van der Waals surface area (Å²) in [6.07, 6.45) is 0. The van der Waals surface area contributed by atoms with Crippen LogP contribution in [-0.4, -0.2) is 46.7 Å². The van der Waals surface area contributed by atoms with Crippen molar-refractivity contribution >= 4 is 50.4 Å². The zero-order chi connectivity index (χ0) is 23.0. The molecule has 0 saturated heterocycles. The van der Waals surface area contributed by atoms with Gasteiger partial charge in [-0.15, -0.1) is 0 Å². The summed E-state index contributed by atoms with van der Waals surface area (Å²) in [5.41, 5.74) is 1.83. The van der Waals surface area contributed by atoms with Crippen LogP contribution in [0.3, 0.4) is 0 Å². The summed E-state index contributed by atoms with van der Waals surface area (Å²) in [6.45, 7) is 6.20. The summed E-state index contributed by atoms with van der Waals surface area (Å²) in [4.78, 5) is 55.4. The molecule has 3 aromatic rings. The minimum absolute atomic E-state index is 0.142. The van der Waals surface area contributed by atoms with Crippen LogP contribution in [0.4, 0.5) is 5.13 Å². The second-order valence-corrected chi connectivity index (χ2v) is 8.78. The molecule has 1 N–H and O–H groups in total. The highest BCUT2D eigenvalue weighted by atomic mass is 32.1. The van der Waals surface area contributed by atoms with Crippen molar-refractivity contribution in [1.29, 1.82) is 0 Å². The zero-order valence-electron chi connectivity index (χ0n) is 17.8. The lowest BCUT2D eigenvalue weighted by molar-refractivity contribution is 0.0525. The molecule has 1 aliphatic heterocycles. The molecule has 8 nitrogen and oxygen atoms in total. The minimum atomic E-state index is -0.444. The van der Waals surface area contributed by atoms with Crippen LogP contribution >= 0.6 is 11.3 Å². The average Bonchev–Trinajstić information content (AvgIpc) is 3.26. The number of esters is 1. The van der Waals surface area contributed by atoms with E-state index < -0.39 is 11.9 Å². The number of hydrogen-bond donors (Lipinski definition) is 1. The summed E-state index contributed by atoms with van der Waals surface area (Å²) in [6, 6.07) is 9.45. The molecule has 0 unspecified atom stereocenters. The van der Waals surface area contributed by atoms with Gasteiger partial charge in [0.15, 0.2) is 5.13 Å². The van der Waals surface area contributed by atoms with Crippen molar-refractivity contribution in [2.45, 2.75) is 20.8 Å². The molecule has 3 amide bonds. The lowest BCUT2D eigenvalue weighted by atomic mass is 10.1. The van der Waals surface area contributed by atoms with E-state index in [4.69, 9.17) is 4.74 Å². The summed E-state index contributed by atoms with van der Waals surface area (Å²) in [5, 5.41) is 3.08. The van der Waals surface area contributed by atoms with Crippen LogP contribution in [0.2, 0.25) is 0 Å². The van der Waals surface area contributed by atoms with E-state index in [1.165, 1.54) is 34.4 Å². The molecule has 0 aliphatic carbocycles. The molecule has 2 aromatic carbocycles. The second kappa shape index (κ2) is 8.51. The van der Waals surface area contributed by atoms with E-state index in [-0.39, 0.29) is 35.5 Å². The van der Waals surface area contributed by atoms with Gasteiger partial charge in [-0.2, -0.15) is 0 Å². The molecular formula is C23H21N3O5S. The van der Waals surface area contributed by atoms with Gasteiger partial charge < -0.3 is 4.74 Å². The number of aromatic nitrogens is 1. The number of rotatable bonds is 6. The third-order valence-electron chi connectivity index (χ3n) is 4.90. The van der Waals surface area contributed by atoms with Gasteiger partial charge in [0.25, 0.3) is 17.7 Å². The fourth-order valence-electron chi connectivity index (χ4n) is 3.45. The van der Waals surface area contributed by atoms with E-state index in [1.807, 2.05) is 13.8 Å². The highest BCUT2D eigenvalue weighted by molar-refractivity contribution is 7.22. The largest absolute Gasteiger partial charge is 0.462 e. The topological polar surface area (TPSA) is 106 Å². The Hall–Kier alpha value is -3.59. The van der Waals surface area contributed by atoms with Gasteiger partial charge in [0, 0.05) is 12.1 Å². The van der Waals surface area contributed by atoms with Gasteiger partial charge in [-0.05, 0) is 49.2 Å². The number of imide groups is 1. The molecule has 0 fully saturated rings. The van der Waals surface area contributed by atoms with E-state index in [0.717, 1.165) is 4.70 Å². The highest BCUT2D eigenvalue weighted by Gasteiger charge is 2.36. The third kappa shape index (κ3) is 3.99. The van der Waals surface area contributed by atoms with Crippen LogP contribution in [0, 0.1) is 5.92 Å². The van der Waals surface area contributed by atoms with Crippen molar-refractivity contribution in [2.24, 2.45) is 5.92 Å². The molecule has 2 heterocycles. The number of hydrogen-bond acceptors (Lipinski definition) is 7. The Morgan fingerprint density at radius 3 is 2.50 bits per heavy atom. The molecule has 32 heavy (non-hydrogen) atoms. The normalized spacial score (nSPS) is 13.1. The quantitative estimate of drug-likeness (QED) is 0.449. The molecule has 1 aromatic heterocycles. The molecule has 4 rings (SSSR count). The number of anilines is 1. The first-order valence-electron chi connectivity index (χ1n) is 10.2. The molecule has 0 bridgehead atoms. The van der Waals surface area contributed by atoms with Crippen molar-refractivity contribution in [1.82, 2.24) is 9.88 Å². The first-order chi connectivity index (χ1) is 15.3. The Bertz CT molecular complexity index is 1260. The smallest absolute Gasteiger partial charge is 0.338 e. The number of amides is 3. The van der Waals surface area contributed by atoms with Crippen LogP contribution in [0.1, 0.15) is 62.2 Å². The number of carbonyl (C=O) groups excluding carboxylic acids is 4. The fraction of sp³-hybridized carbons (Fsp3) is 0.261. The number of nitrogens with zero attached hydrogens (tertiary/aromatic N) is 2.